The molecule has 1 unspecified atom stereocenters. The van der Waals surface area contributed by atoms with Gasteiger partial charge in [0.05, 0.1) is 16.6 Å². The number of aryl methyl sites for hydroxylation is 1. The zero-order valence-electron chi connectivity index (χ0n) is 17.7. The largest absolute Gasteiger partial charge is 0.323 e. The molecule has 1 spiro atoms. The summed E-state index contributed by atoms with van der Waals surface area (Å²) < 4.78 is 27.8. The van der Waals surface area contributed by atoms with Gasteiger partial charge in [-0.05, 0) is 62.3 Å². The molecule has 0 bridgehead atoms. The third-order valence-corrected chi connectivity index (χ3v) is 8.59. The van der Waals surface area contributed by atoms with Crippen LogP contribution in [0.3, 0.4) is 0 Å². The van der Waals surface area contributed by atoms with Crippen LogP contribution in [0.4, 0.5) is 0 Å². The molecule has 2 fully saturated rings. The number of rotatable bonds is 8. The Bertz CT molecular complexity index is 820. The van der Waals surface area contributed by atoms with Crippen molar-refractivity contribution in [2.24, 2.45) is 0 Å². The summed E-state index contributed by atoms with van der Waals surface area (Å²) in [4.78, 5) is 15.4. The van der Waals surface area contributed by atoms with E-state index in [2.05, 4.69) is 18.5 Å². The predicted octanol–water partition coefficient (Wildman–Crippen LogP) is 2.83. The van der Waals surface area contributed by atoms with Crippen molar-refractivity contribution in [3.8, 4) is 0 Å². The van der Waals surface area contributed by atoms with Crippen molar-refractivity contribution in [2.45, 2.75) is 62.6 Å². The van der Waals surface area contributed by atoms with Crippen molar-refractivity contribution < 1.29 is 13.2 Å². The summed E-state index contributed by atoms with van der Waals surface area (Å²) >= 11 is 1.75. The first-order valence-corrected chi connectivity index (χ1v) is 13.3. The summed E-state index contributed by atoms with van der Waals surface area (Å²) in [6.07, 6.45) is 6.12. The molecule has 2 aliphatic heterocycles. The third-order valence-electron chi connectivity index (χ3n) is 6.05. The molecule has 3 rings (SSSR count). The fraction of sp³-hybridized carbons (Fsp3) is 0.667. The van der Waals surface area contributed by atoms with Gasteiger partial charge in [-0.15, -0.1) is 0 Å². The molecule has 1 atom stereocenters. The standard InChI is InChI=1S/C21H33N3O3S2/c1-4-5-12-24-20(25)19(9-15-28-3)22-21(24)10-13-23(14-11-21)29(26,27)18-8-6-7-17(2)16-18/h6-8,16,19,22H,4-5,9-15H2,1-3H3. The highest BCUT2D eigenvalue weighted by atomic mass is 32.2. The molecule has 0 radical (unpaired) electrons. The average Bonchev–Trinajstić information content (AvgIpc) is 2.95. The number of unbranched alkanes of at least 4 members (excludes halogenated alkanes) is 1. The lowest BCUT2D eigenvalue weighted by Crippen LogP contribution is -2.59. The maximum atomic E-state index is 13.1. The zero-order chi connectivity index (χ0) is 21.1. The summed E-state index contributed by atoms with van der Waals surface area (Å²) in [5.41, 5.74) is 0.526. The monoisotopic (exact) mass is 439 g/mol. The van der Waals surface area contributed by atoms with Crippen molar-refractivity contribution in [3.63, 3.8) is 0 Å². The second-order valence-electron chi connectivity index (χ2n) is 8.07. The van der Waals surface area contributed by atoms with E-state index in [-0.39, 0.29) is 11.9 Å². The smallest absolute Gasteiger partial charge is 0.243 e. The van der Waals surface area contributed by atoms with E-state index in [0.717, 1.165) is 37.1 Å². The van der Waals surface area contributed by atoms with E-state index in [1.54, 1.807) is 34.3 Å². The van der Waals surface area contributed by atoms with Gasteiger partial charge in [-0.1, -0.05) is 25.5 Å². The van der Waals surface area contributed by atoms with Gasteiger partial charge in [-0.2, -0.15) is 16.1 Å². The number of hydrogen-bond acceptors (Lipinski definition) is 5. The van der Waals surface area contributed by atoms with Crippen LogP contribution >= 0.6 is 11.8 Å². The molecule has 2 saturated heterocycles. The first-order chi connectivity index (χ1) is 13.8. The number of carbonyl (C=O) groups is 1. The molecule has 0 aliphatic carbocycles. The van der Waals surface area contributed by atoms with Gasteiger partial charge in [-0.3, -0.25) is 10.1 Å². The minimum atomic E-state index is -3.51. The highest BCUT2D eigenvalue weighted by molar-refractivity contribution is 7.98. The van der Waals surface area contributed by atoms with Crippen LogP contribution in [-0.4, -0.2) is 66.9 Å². The quantitative estimate of drug-likeness (QED) is 0.675. The van der Waals surface area contributed by atoms with Crippen LogP contribution in [0.5, 0.6) is 0 Å². The molecule has 6 nitrogen and oxygen atoms in total. The number of carbonyl (C=O) groups excluding carboxylic acids is 1. The van der Waals surface area contributed by atoms with Gasteiger partial charge in [0, 0.05) is 19.6 Å². The van der Waals surface area contributed by atoms with Gasteiger partial charge in [0.15, 0.2) is 0 Å². The van der Waals surface area contributed by atoms with Crippen molar-refractivity contribution in [1.29, 1.82) is 0 Å². The molecule has 2 aliphatic rings. The van der Waals surface area contributed by atoms with Crippen molar-refractivity contribution in [3.05, 3.63) is 29.8 Å². The fourth-order valence-electron chi connectivity index (χ4n) is 4.37. The Hall–Kier alpha value is -1.09. The van der Waals surface area contributed by atoms with Crippen LogP contribution in [0, 0.1) is 6.92 Å². The molecule has 29 heavy (non-hydrogen) atoms. The lowest BCUT2D eigenvalue weighted by molar-refractivity contribution is -0.133. The van der Waals surface area contributed by atoms with Gasteiger partial charge in [0.2, 0.25) is 15.9 Å². The summed E-state index contributed by atoms with van der Waals surface area (Å²) in [6.45, 7) is 5.62. The van der Waals surface area contributed by atoms with Crippen LogP contribution < -0.4 is 5.32 Å². The summed E-state index contributed by atoms with van der Waals surface area (Å²) in [5.74, 6) is 1.12. The van der Waals surface area contributed by atoms with E-state index < -0.39 is 15.7 Å². The predicted molar refractivity (Wildman–Crippen MR) is 118 cm³/mol. The summed E-state index contributed by atoms with van der Waals surface area (Å²) in [5, 5.41) is 3.61. The number of amides is 1. The van der Waals surface area contributed by atoms with E-state index in [1.807, 2.05) is 17.9 Å². The fourth-order valence-corrected chi connectivity index (χ4v) is 6.39. The Kier molecular flexibility index (Phi) is 7.30. The number of nitrogens with one attached hydrogen (secondary N) is 1. The molecular formula is C21H33N3O3S2. The van der Waals surface area contributed by atoms with Gasteiger partial charge >= 0.3 is 0 Å². The molecule has 8 heteroatoms. The zero-order valence-corrected chi connectivity index (χ0v) is 19.3. The van der Waals surface area contributed by atoms with Crippen molar-refractivity contribution in [1.82, 2.24) is 14.5 Å². The van der Waals surface area contributed by atoms with Crippen LogP contribution in [0.2, 0.25) is 0 Å². The SMILES string of the molecule is CCCCN1C(=O)C(CCSC)NC12CCN(S(=O)(=O)c1cccc(C)c1)CC2. The number of piperidine rings is 1. The number of hydrogen-bond donors (Lipinski definition) is 1. The Morgan fingerprint density at radius 1 is 1.28 bits per heavy atom. The first kappa shape index (κ1) is 22.6. The highest BCUT2D eigenvalue weighted by Crippen LogP contribution is 2.35. The van der Waals surface area contributed by atoms with Crippen LogP contribution in [0.15, 0.2) is 29.2 Å². The molecule has 2 heterocycles. The van der Waals surface area contributed by atoms with Gasteiger partial charge in [0.25, 0.3) is 0 Å². The Morgan fingerprint density at radius 2 is 2.00 bits per heavy atom. The Balaban J connectivity index is 1.76. The molecule has 1 N–H and O–H groups in total. The van der Waals surface area contributed by atoms with E-state index >= 15 is 0 Å². The topological polar surface area (TPSA) is 69.7 Å². The van der Waals surface area contributed by atoms with Gasteiger partial charge in [0.1, 0.15) is 0 Å². The lowest BCUT2D eigenvalue weighted by Gasteiger charge is -2.44. The third kappa shape index (κ3) is 4.65. The highest BCUT2D eigenvalue weighted by Gasteiger charge is 2.51. The first-order valence-electron chi connectivity index (χ1n) is 10.5. The number of sulfonamides is 1. The van der Waals surface area contributed by atoms with Crippen LogP contribution in [0.1, 0.15) is 44.6 Å². The number of thioether (sulfide) groups is 1. The summed E-state index contributed by atoms with van der Waals surface area (Å²) in [7, 11) is -3.51. The molecule has 1 amide bonds. The molecular weight excluding hydrogens is 406 g/mol. The second kappa shape index (κ2) is 9.37. The Morgan fingerprint density at radius 3 is 2.62 bits per heavy atom. The van der Waals surface area contributed by atoms with Crippen molar-refractivity contribution >= 4 is 27.7 Å². The van der Waals surface area contributed by atoms with Crippen LogP contribution in [-0.2, 0) is 14.8 Å². The van der Waals surface area contributed by atoms with Crippen LogP contribution in [0.25, 0.3) is 0 Å². The average molecular weight is 440 g/mol. The van der Waals surface area contributed by atoms with Crippen molar-refractivity contribution in [2.75, 3.05) is 31.6 Å². The maximum Gasteiger partial charge on any atom is 0.243 e. The second-order valence-corrected chi connectivity index (χ2v) is 11.0. The lowest BCUT2D eigenvalue weighted by atomic mass is 9.97. The summed E-state index contributed by atoms with van der Waals surface area (Å²) in [6, 6.07) is 6.92. The maximum absolute atomic E-state index is 13.1. The molecule has 1 aromatic carbocycles. The normalized spacial score (nSPS) is 22.5. The number of benzene rings is 1. The van der Waals surface area contributed by atoms with E-state index in [9.17, 15) is 13.2 Å². The minimum absolute atomic E-state index is 0.153. The van der Waals surface area contributed by atoms with E-state index in [4.69, 9.17) is 0 Å². The van der Waals surface area contributed by atoms with E-state index in [1.165, 1.54) is 0 Å². The number of nitrogens with zero attached hydrogens (tertiary/aromatic N) is 2. The van der Waals surface area contributed by atoms with Gasteiger partial charge < -0.3 is 4.90 Å². The molecule has 162 valence electrons. The molecule has 0 saturated carbocycles. The van der Waals surface area contributed by atoms with Gasteiger partial charge in [-0.25, -0.2) is 8.42 Å². The minimum Gasteiger partial charge on any atom is -0.323 e. The molecule has 0 aromatic heterocycles. The Labute approximate surface area is 179 Å². The molecule has 1 aromatic rings. The van der Waals surface area contributed by atoms with E-state index in [0.29, 0.717) is 30.8 Å².